The molecule has 1 atom stereocenters. The Balaban J connectivity index is 1.74. The van der Waals surface area contributed by atoms with Gasteiger partial charge in [-0.1, -0.05) is 60.7 Å². The first-order valence-corrected chi connectivity index (χ1v) is 11.4. The minimum absolute atomic E-state index is 0.124. The number of methoxy groups -OCH3 is 1. The highest BCUT2D eigenvalue weighted by atomic mass is 19.1. The zero-order chi connectivity index (χ0) is 24.5. The fraction of sp³-hybridized carbons (Fsp3) is 0.179. The van der Waals surface area contributed by atoms with Crippen LogP contribution in [0.15, 0.2) is 72.8 Å². The van der Waals surface area contributed by atoms with Crippen LogP contribution in [0.5, 0.6) is 5.75 Å². The van der Waals surface area contributed by atoms with Crippen LogP contribution in [0.4, 0.5) is 10.3 Å². The fourth-order valence-electron chi connectivity index (χ4n) is 4.84. The molecule has 7 heteroatoms. The molecule has 1 aliphatic heterocycles. The molecule has 2 heterocycles. The molecule has 0 saturated carbocycles. The summed E-state index contributed by atoms with van der Waals surface area (Å²) in [4.78, 5) is 24.4. The van der Waals surface area contributed by atoms with Gasteiger partial charge in [0.05, 0.1) is 30.1 Å². The molecule has 5 rings (SSSR count). The van der Waals surface area contributed by atoms with Crippen molar-refractivity contribution in [3.8, 4) is 16.9 Å². The van der Waals surface area contributed by atoms with Gasteiger partial charge in [-0.3, -0.25) is 4.79 Å². The van der Waals surface area contributed by atoms with Crippen molar-refractivity contribution in [2.45, 2.75) is 25.9 Å². The number of aryl methyl sites for hydroxylation is 1. The van der Waals surface area contributed by atoms with Crippen LogP contribution in [0.3, 0.4) is 0 Å². The summed E-state index contributed by atoms with van der Waals surface area (Å²) in [6, 6.07) is 21.7. The highest BCUT2D eigenvalue weighted by Crippen LogP contribution is 2.44. The summed E-state index contributed by atoms with van der Waals surface area (Å²) in [5.41, 5.74) is 10.7. The predicted molar refractivity (Wildman–Crippen MR) is 132 cm³/mol. The van der Waals surface area contributed by atoms with Crippen molar-refractivity contribution in [3.05, 3.63) is 107 Å². The molecule has 1 aliphatic rings. The number of benzene rings is 3. The highest BCUT2D eigenvalue weighted by molar-refractivity contribution is 5.98. The molecule has 0 spiro atoms. The first-order valence-electron chi connectivity index (χ1n) is 11.4. The Labute approximate surface area is 203 Å². The number of halogens is 1. The maximum absolute atomic E-state index is 14.7. The van der Waals surface area contributed by atoms with Crippen LogP contribution in [0.1, 0.15) is 38.9 Å². The number of nitrogens with two attached hydrogens (primary N) is 1. The quantitative estimate of drug-likeness (QED) is 0.440. The second-order valence-electron chi connectivity index (χ2n) is 8.56. The number of hydrogen-bond acceptors (Lipinski definition) is 5. The topological polar surface area (TPSA) is 81.3 Å². The standard InChI is InChI=1S/C28H25FN4O2/c1-17-25-22(32-28(30)31-17)15-23(33(27(25)34)16-18-9-5-3-6-10-18)26-21(19-11-7-4-8-12-19)13-20(29)14-24(26)35-2/h3-14,23H,15-16H2,1-2H3,(H2,30,31,32). The normalized spacial score (nSPS) is 15.1. The minimum atomic E-state index is -0.463. The minimum Gasteiger partial charge on any atom is -0.496 e. The third-order valence-corrected chi connectivity index (χ3v) is 6.36. The first kappa shape index (κ1) is 22.5. The lowest BCUT2D eigenvalue weighted by Crippen LogP contribution is -2.41. The molecular weight excluding hydrogens is 443 g/mol. The molecule has 0 bridgehead atoms. The first-order chi connectivity index (χ1) is 17.0. The zero-order valence-electron chi connectivity index (χ0n) is 19.5. The van der Waals surface area contributed by atoms with Crippen LogP contribution < -0.4 is 10.5 Å². The van der Waals surface area contributed by atoms with Gasteiger partial charge in [0.15, 0.2) is 0 Å². The Bertz CT molecular complexity index is 1390. The van der Waals surface area contributed by atoms with E-state index < -0.39 is 11.9 Å². The molecule has 0 aliphatic carbocycles. The molecule has 4 aromatic rings. The zero-order valence-corrected chi connectivity index (χ0v) is 19.5. The molecule has 35 heavy (non-hydrogen) atoms. The van der Waals surface area contributed by atoms with E-state index in [0.717, 1.165) is 16.7 Å². The van der Waals surface area contributed by atoms with Gasteiger partial charge < -0.3 is 15.4 Å². The van der Waals surface area contributed by atoms with Crippen molar-refractivity contribution < 1.29 is 13.9 Å². The summed E-state index contributed by atoms with van der Waals surface area (Å²) in [6.07, 6.45) is 0.392. The predicted octanol–water partition coefficient (Wildman–Crippen LogP) is 5.12. The van der Waals surface area contributed by atoms with E-state index in [0.29, 0.717) is 41.2 Å². The Hall–Kier alpha value is -4.26. The molecule has 0 radical (unpaired) electrons. The van der Waals surface area contributed by atoms with E-state index in [1.165, 1.54) is 19.2 Å². The van der Waals surface area contributed by atoms with Crippen molar-refractivity contribution in [2.24, 2.45) is 0 Å². The lowest BCUT2D eigenvalue weighted by Gasteiger charge is -2.38. The number of aromatic nitrogens is 2. The number of carbonyl (C=O) groups excluding carboxylic acids is 1. The van der Waals surface area contributed by atoms with Crippen LogP contribution in [0.2, 0.25) is 0 Å². The summed E-state index contributed by atoms with van der Waals surface area (Å²) < 4.78 is 20.4. The number of nitrogen functional groups attached to an aromatic ring is 1. The maximum Gasteiger partial charge on any atom is 0.258 e. The maximum atomic E-state index is 14.7. The molecule has 1 amide bonds. The average Bonchev–Trinajstić information content (AvgIpc) is 2.86. The largest absolute Gasteiger partial charge is 0.496 e. The highest BCUT2D eigenvalue weighted by Gasteiger charge is 2.38. The molecule has 1 aromatic heterocycles. The Morgan fingerprint density at radius 1 is 1.06 bits per heavy atom. The SMILES string of the molecule is COc1cc(F)cc(-c2ccccc2)c1C1Cc2nc(N)nc(C)c2C(=O)N1Cc1ccccc1. The number of amides is 1. The number of fused-ring (bicyclic) bond motifs is 1. The second-order valence-corrected chi connectivity index (χ2v) is 8.56. The number of ether oxygens (including phenoxy) is 1. The van der Waals surface area contributed by atoms with Gasteiger partial charge in [0, 0.05) is 24.6 Å². The van der Waals surface area contributed by atoms with E-state index in [-0.39, 0.29) is 11.9 Å². The van der Waals surface area contributed by atoms with Crippen LogP contribution in [0, 0.1) is 12.7 Å². The van der Waals surface area contributed by atoms with E-state index in [9.17, 15) is 9.18 Å². The van der Waals surface area contributed by atoms with E-state index in [1.807, 2.05) is 60.7 Å². The van der Waals surface area contributed by atoms with Crippen molar-refractivity contribution >= 4 is 11.9 Å². The lowest BCUT2D eigenvalue weighted by molar-refractivity contribution is 0.0622. The third kappa shape index (κ3) is 4.21. The molecule has 6 nitrogen and oxygen atoms in total. The van der Waals surface area contributed by atoms with Gasteiger partial charge >= 0.3 is 0 Å². The van der Waals surface area contributed by atoms with Gasteiger partial charge in [-0.25, -0.2) is 14.4 Å². The van der Waals surface area contributed by atoms with Crippen molar-refractivity contribution in [1.82, 2.24) is 14.9 Å². The van der Waals surface area contributed by atoms with Gasteiger partial charge in [-0.05, 0) is 29.7 Å². The summed E-state index contributed by atoms with van der Waals surface area (Å²) in [5, 5.41) is 0. The van der Waals surface area contributed by atoms with Gasteiger partial charge in [-0.2, -0.15) is 0 Å². The van der Waals surface area contributed by atoms with Gasteiger partial charge in [0.1, 0.15) is 11.6 Å². The van der Waals surface area contributed by atoms with Crippen molar-refractivity contribution in [2.75, 3.05) is 12.8 Å². The fourth-order valence-corrected chi connectivity index (χ4v) is 4.84. The molecular formula is C28H25FN4O2. The molecule has 0 saturated heterocycles. The Kier molecular flexibility index (Phi) is 5.91. The van der Waals surface area contributed by atoms with E-state index in [4.69, 9.17) is 10.5 Å². The third-order valence-electron chi connectivity index (χ3n) is 6.36. The van der Waals surface area contributed by atoms with E-state index >= 15 is 0 Å². The average molecular weight is 469 g/mol. The van der Waals surface area contributed by atoms with E-state index in [1.54, 1.807) is 11.8 Å². The molecule has 2 N–H and O–H groups in total. The van der Waals surface area contributed by atoms with Gasteiger partial charge in [0.2, 0.25) is 5.95 Å². The van der Waals surface area contributed by atoms with Crippen molar-refractivity contribution in [3.63, 3.8) is 0 Å². The van der Waals surface area contributed by atoms with Gasteiger partial charge in [-0.15, -0.1) is 0 Å². The molecule has 176 valence electrons. The van der Waals surface area contributed by atoms with Crippen molar-refractivity contribution in [1.29, 1.82) is 0 Å². The van der Waals surface area contributed by atoms with E-state index in [2.05, 4.69) is 9.97 Å². The van der Waals surface area contributed by atoms with Crippen LogP contribution >= 0.6 is 0 Å². The summed E-state index contributed by atoms with van der Waals surface area (Å²) in [6.45, 7) is 2.13. The number of hydrogen-bond donors (Lipinski definition) is 1. The Morgan fingerprint density at radius 3 is 2.43 bits per heavy atom. The lowest BCUT2D eigenvalue weighted by atomic mass is 9.86. The van der Waals surface area contributed by atoms with Crippen LogP contribution in [-0.2, 0) is 13.0 Å². The monoisotopic (exact) mass is 468 g/mol. The number of anilines is 1. The Morgan fingerprint density at radius 2 is 1.74 bits per heavy atom. The molecule has 0 fully saturated rings. The second kappa shape index (κ2) is 9.18. The summed E-state index contributed by atoms with van der Waals surface area (Å²) >= 11 is 0. The molecule has 3 aromatic carbocycles. The number of rotatable bonds is 5. The van der Waals surface area contributed by atoms with Crippen LogP contribution in [0.25, 0.3) is 11.1 Å². The molecule has 1 unspecified atom stereocenters. The summed E-state index contributed by atoms with van der Waals surface area (Å²) in [5.74, 6) is -0.104. The van der Waals surface area contributed by atoms with Crippen LogP contribution in [-0.4, -0.2) is 27.9 Å². The number of nitrogens with zero attached hydrogens (tertiary/aromatic N) is 3. The smallest absolute Gasteiger partial charge is 0.258 e. The van der Waals surface area contributed by atoms with Gasteiger partial charge in [0.25, 0.3) is 5.91 Å². The summed E-state index contributed by atoms with van der Waals surface area (Å²) in [7, 11) is 1.51. The number of carbonyl (C=O) groups is 1.